The molecule has 0 saturated heterocycles. The van der Waals surface area contributed by atoms with Crippen LogP contribution in [0.2, 0.25) is 0 Å². The monoisotopic (exact) mass is 158 g/mol. The summed E-state index contributed by atoms with van der Waals surface area (Å²) in [5.41, 5.74) is 3.06. The average molecular weight is 158 g/mol. The second-order valence-corrected chi connectivity index (χ2v) is 3.55. The zero-order valence-corrected chi connectivity index (χ0v) is 7.46. The van der Waals surface area contributed by atoms with Crippen LogP contribution in [0.4, 0.5) is 0 Å². The van der Waals surface area contributed by atoms with Gasteiger partial charge in [-0.2, -0.15) is 0 Å². The summed E-state index contributed by atoms with van der Waals surface area (Å²) < 4.78 is 0. The van der Waals surface area contributed by atoms with Crippen molar-refractivity contribution in [1.82, 2.24) is 0 Å². The van der Waals surface area contributed by atoms with Crippen LogP contribution in [0.25, 0.3) is 0 Å². The summed E-state index contributed by atoms with van der Waals surface area (Å²) in [5, 5.41) is 0. The van der Waals surface area contributed by atoms with Gasteiger partial charge >= 0.3 is 0 Å². The highest BCUT2D eigenvalue weighted by Gasteiger charge is 2.31. The molecule has 1 aliphatic rings. The van der Waals surface area contributed by atoms with E-state index in [4.69, 9.17) is 0 Å². The number of hydrogen-bond donors (Lipinski definition) is 0. The Morgan fingerprint density at radius 1 is 1.33 bits per heavy atom. The second kappa shape index (κ2) is 2.78. The minimum Gasteiger partial charge on any atom is -0.103 e. The van der Waals surface area contributed by atoms with Crippen LogP contribution >= 0.6 is 0 Å². The van der Waals surface area contributed by atoms with E-state index in [2.05, 4.69) is 37.8 Å². The van der Waals surface area contributed by atoms with Gasteiger partial charge < -0.3 is 0 Å². The van der Waals surface area contributed by atoms with Crippen molar-refractivity contribution in [1.29, 1.82) is 0 Å². The Kier molecular flexibility index (Phi) is 1.76. The van der Waals surface area contributed by atoms with Crippen LogP contribution in [0.5, 0.6) is 0 Å². The topological polar surface area (TPSA) is 0 Å². The van der Waals surface area contributed by atoms with Crippen molar-refractivity contribution in [2.45, 2.75) is 25.2 Å². The fraction of sp³-hybridized carbons (Fsp3) is 0.333. The molecule has 0 saturated carbocycles. The summed E-state index contributed by atoms with van der Waals surface area (Å²) in [5.74, 6) is 1.47. The van der Waals surface area contributed by atoms with E-state index in [-0.39, 0.29) is 0 Å². The highest BCUT2D eigenvalue weighted by Crippen LogP contribution is 2.47. The van der Waals surface area contributed by atoms with E-state index in [1.807, 2.05) is 6.08 Å². The molecule has 2 atom stereocenters. The SMILES string of the molecule is C=CC[C@@H]1c2ccccc2[C@@H]1C. The minimum atomic E-state index is 0.735. The first-order valence-electron chi connectivity index (χ1n) is 4.54. The van der Waals surface area contributed by atoms with Crippen LogP contribution in [0.15, 0.2) is 36.9 Å². The van der Waals surface area contributed by atoms with Gasteiger partial charge in [-0.25, -0.2) is 0 Å². The third kappa shape index (κ3) is 0.911. The first-order chi connectivity index (χ1) is 5.84. The van der Waals surface area contributed by atoms with Gasteiger partial charge in [-0.3, -0.25) is 0 Å². The van der Waals surface area contributed by atoms with Crippen molar-refractivity contribution in [3.63, 3.8) is 0 Å². The number of rotatable bonds is 2. The molecule has 1 aliphatic carbocycles. The van der Waals surface area contributed by atoms with E-state index in [0.717, 1.165) is 18.3 Å². The van der Waals surface area contributed by atoms with E-state index in [1.165, 1.54) is 11.1 Å². The second-order valence-electron chi connectivity index (χ2n) is 3.55. The van der Waals surface area contributed by atoms with Crippen molar-refractivity contribution >= 4 is 0 Å². The molecule has 0 amide bonds. The molecular weight excluding hydrogens is 144 g/mol. The summed E-state index contributed by atoms with van der Waals surface area (Å²) in [7, 11) is 0. The van der Waals surface area contributed by atoms with Crippen LogP contribution < -0.4 is 0 Å². The lowest BCUT2D eigenvalue weighted by atomic mass is 9.67. The molecule has 12 heavy (non-hydrogen) atoms. The molecular formula is C12H14. The van der Waals surface area contributed by atoms with Crippen molar-refractivity contribution in [3.05, 3.63) is 48.0 Å². The van der Waals surface area contributed by atoms with Crippen LogP contribution in [0, 0.1) is 0 Å². The molecule has 1 aromatic carbocycles. The lowest BCUT2D eigenvalue weighted by molar-refractivity contribution is 0.507. The van der Waals surface area contributed by atoms with Gasteiger partial charge in [-0.15, -0.1) is 6.58 Å². The van der Waals surface area contributed by atoms with Gasteiger partial charge in [0.05, 0.1) is 0 Å². The fourth-order valence-electron chi connectivity index (χ4n) is 2.16. The summed E-state index contributed by atoms with van der Waals surface area (Å²) in [6.07, 6.45) is 3.15. The molecule has 0 aliphatic heterocycles. The highest BCUT2D eigenvalue weighted by atomic mass is 14.4. The van der Waals surface area contributed by atoms with Gasteiger partial charge in [-0.05, 0) is 29.4 Å². The minimum absolute atomic E-state index is 0.735. The van der Waals surface area contributed by atoms with Gasteiger partial charge in [0.2, 0.25) is 0 Å². The highest BCUT2D eigenvalue weighted by molar-refractivity contribution is 5.44. The molecule has 0 unspecified atom stereocenters. The van der Waals surface area contributed by atoms with Gasteiger partial charge in [0.25, 0.3) is 0 Å². The Morgan fingerprint density at radius 3 is 2.67 bits per heavy atom. The Morgan fingerprint density at radius 2 is 2.00 bits per heavy atom. The molecule has 0 spiro atoms. The predicted molar refractivity (Wildman–Crippen MR) is 52.4 cm³/mol. The van der Waals surface area contributed by atoms with Gasteiger partial charge in [-0.1, -0.05) is 37.3 Å². The molecule has 0 bridgehead atoms. The standard InChI is InChI=1S/C12H14/c1-3-6-10-9(2)11-7-4-5-8-12(10)11/h3-5,7-10H,1,6H2,2H3/t9-,10+/m1/s1. The third-order valence-corrected chi connectivity index (χ3v) is 2.91. The summed E-state index contributed by atoms with van der Waals surface area (Å²) in [6, 6.07) is 8.73. The zero-order valence-electron chi connectivity index (χ0n) is 7.46. The molecule has 2 rings (SSSR count). The third-order valence-electron chi connectivity index (χ3n) is 2.91. The fourth-order valence-corrected chi connectivity index (χ4v) is 2.16. The van der Waals surface area contributed by atoms with Crippen LogP contribution in [0.1, 0.15) is 36.3 Å². The van der Waals surface area contributed by atoms with Crippen molar-refractivity contribution in [2.75, 3.05) is 0 Å². The first kappa shape index (κ1) is 7.60. The summed E-state index contributed by atoms with van der Waals surface area (Å²) in [6.45, 7) is 6.09. The van der Waals surface area contributed by atoms with Crippen molar-refractivity contribution in [2.24, 2.45) is 0 Å². The average Bonchev–Trinajstić information content (AvgIpc) is 2.13. The van der Waals surface area contributed by atoms with Crippen LogP contribution in [-0.2, 0) is 0 Å². The maximum absolute atomic E-state index is 3.79. The maximum atomic E-state index is 3.79. The Hall–Kier alpha value is -1.04. The van der Waals surface area contributed by atoms with Gasteiger partial charge in [0.15, 0.2) is 0 Å². The Balaban J connectivity index is 2.30. The molecule has 1 aromatic rings. The van der Waals surface area contributed by atoms with E-state index in [1.54, 1.807) is 0 Å². The van der Waals surface area contributed by atoms with E-state index in [9.17, 15) is 0 Å². The van der Waals surface area contributed by atoms with Crippen molar-refractivity contribution in [3.8, 4) is 0 Å². The molecule has 0 heteroatoms. The zero-order chi connectivity index (χ0) is 8.55. The molecule has 0 fully saturated rings. The van der Waals surface area contributed by atoms with Gasteiger partial charge in [0, 0.05) is 0 Å². The lowest BCUT2D eigenvalue weighted by Gasteiger charge is -2.36. The summed E-state index contributed by atoms with van der Waals surface area (Å²) in [4.78, 5) is 0. The van der Waals surface area contributed by atoms with Crippen LogP contribution in [0.3, 0.4) is 0 Å². The quantitative estimate of drug-likeness (QED) is 0.578. The first-order valence-corrected chi connectivity index (χ1v) is 4.54. The number of allylic oxidation sites excluding steroid dienone is 1. The molecule has 0 aromatic heterocycles. The van der Waals surface area contributed by atoms with E-state index in [0.29, 0.717) is 0 Å². The Bertz CT molecular complexity index is 299. The maximum Gasteiger partial charge on any atom is -0.00584 e. The van der Waals surface area contributed by atoms with E-state index >= 15 is 0 Å². The molecule has 0 nitrogen and oxygen atoms in total. The summed E-state index contributed by atoms with van der Waals surface area (Å²) >= 11 is 0. The largest absolute Gasteiger partial charge is 0.103 e. The van der Waals surface area contributed by atoms with Crippen molar-refractivity contribution < 1.29 is 0 Å². The van der Waals surface area contributed by atoms with Crippen LogP contribution in [-0.4, -0.2) is 0 Å². The smallest absolute Gasteiger partial charge is 0.00584 e. The Labute approximate surface area is 73.9 Å². The molecule has 62 valence electrons. The number of hydrogen-bond acceptors (Lipinski definition) is 0. The lowest BCUT2D eigenvalue weighted by Crippen LogP contribution is -2.20. The normalized spacial score (nSPS) is 25.8. The predicted octanol–water partition coefficient (Wildman–Crippen LogP) is 3.46. The number of benzene rings is 1. The number of fused-ring (bicyclic) bond motifs is 1. The molecule has 0 heterocycles. The van der Waals surface area contributed by atoms with Gasteiger partial charge in [0.1, 0.15) is 0 Å². The molecule has 0 N–H and O–H groups in total. The molecule has 0 radical (unpaired) electrons. The van der Waals surface area contributed by atoms with E-state index < -0.39 is 0 Å².